The van der Waals surface area contributed by atoms with Crippen molar-refractivity contribution in [2.24, 2.45) is 5.90 Å². The van der Waals surface area contributed by atoms with Crippen LogP contribution in [0, 0.1) is 0 Å². The number of carbonyl (C=O) groups excluding carboxylic acids is 1. The van der Waals surface area contributed by atoms with Gasteiger partial charge in [0.15, 0.2) is 0 Å². The normalized spacial score (nSPS) is 11.1. The summed E-state index contributed by atoms with van der Waals surface area (Å²) in [6.45, 7) is 0.203. The maximum absolute atomic E-state index is 11.6. The van der Waals surface area contributed by atoms with Crippen LogP contribution in [0.5, 0.6) is 0 Å². The van der Waals surface area contributed by atoms with E-state index in [9.17, 15) is 4.79 Å². The zero-order valence-electron chi connectivity index (χ0n) is 9.80. The molecule has 0 saturated heterocycles. The number of hydrogen-bond acceptors (Lipinski definition) is 5. The smallest absolute Gasteiger partial charge is 0.341 e. The molecule has 0 aliphatic rings. The molecule has 92 valence electrons. The van der Waals surface area contributed by atoms with Crippen LogP contribution >= 0.6 is 0 Å². The minimum atomic E-state index is -0.476. The molecule has 0 heterocycles. The molecule has 0 radical (unpaired) electrons. The maximum Gasteiger partial charge on any atom is 0.341 e. The molecule has 0 aliphatic carbocycles. The molecule has 5 heteroatoms. The largest absolute Gasteiger partial charge is 0.503 e. The fourth-order valence-electron chi connectivity index (χ4n) is 1.45. The Morgan fingerprint density at radius 1 is 1.35 bits per heavy atom. The van der Waals surface area contributed by atoms with Crippen molar-refractivity contribution in [3.05, 3.63) is 41.7 Å². The molecular formula is C12H15NO4. The Bertz CT molecular complexity index is 415. The van der Waals surface area contributed by atoms with Gasteiger partial charge in [0, 0.05) is 0 Å². The van der Waals surface area contributed by atoms with E-state index in [0.29, 0.717) is 11.1 Å². The van der Waals surface area contributed by atoms with Crippen LogP contribution in [0.15, 0.2) is 30.5 Å². The Morgan fingerprint density at radius 3 is 2.65 bits per heavy atom. The van der Waals surface area contributed by atoms with Crippen molar-refractivity contribution >= 4 is 11.5 Å². The van der Waals surface area contributed by atoms with Gasteiger partial charge in [0.1, 0.15) is 5.57 Å². The van der Waals surface area contributed by atoms with E-state index < -0.39 is 5.97 Å². The summed E-state index contributed by atoms with van der Waals surface area (Å²) < 4.78 is 9.57. The molecule has 0 saturated carbocycles. The molecule has 0 bridgehead atoms. The van der Waals surface area contributed by atoms with Crippen LogP contribution in [0.4, 0.5) is 0 Å². The first-order valence-corrected chi connectivity index (χ1v) is 4.95. The quantitative estimate of drug-likeness (QED) is 0.361. The van der Waals surface area contributed by atoms with Gasteiger partial charge >= 0.3 is 5.97 Å². The van der Waals surface area contributed by atoms with Gasteiger partial charge in [0.05, 0.1) is 27.1 Å². The third kappa shape index (κ3) is 3.30. The first kappa shape index (κ1) is 13.2. The van der Waals surface area contributed by atoms with E-state index in [0.717, 1.165) is 5.56 Å². The topological polar surface area (TPSA) is 70.8 Å². The molecular weight excluding hydrogens is 222 g/mol. The van der Waals surface area contributed by atoms with E-state index in [1.54, 1.807) is 6.07 Å². The van der Waals surface area contributed by atoms with Crippen LogP contribution in [0.3, 0.4) is 0 Å². The molecule has 17 heavy (non-hydrogen) atoms. The number of benzene rings is 1. The summed E-state index contributed by atoms with van der Waals surface area (Å²) in [5, 5.41) is 0. The average Bonchev–Trinajstić information content (AvgIpc) is 2.36. The Labute approximate surface area is 99.7 Å². The van der Waals surface area contributed by atoms with E-state index in [1.165, 1.54) is 20.5 Å². The molecule has 0 aliphatic heterocycles. The molecule has 0 unspecified atom stereocenters. The Kier molecular flexibility index (Phi) is 5.19. The molecule has 0 aromatic heterocycles. The molecule has 0 fully saturated rings. The lowest BCUT2D eigenvalue weighted by molar-refractivity contribution is -0.133. The highest BCUT2D eigenvalue weighted by atomic mass is 16.6. The number of nitrogens with two attached hydrogens (primary N) is 1. The van der Waals surface area contributed by atoms with Crippen molar-refractivity contribution in [2.75, 3.05) is 14.2 Å². The fourth-order valence-corrected chi connectivity index (χ4v) is 1.45. The van der Waals surface area contributed by atoms with Crippen LogP contribution < -0.4 is 5.90 Å². The summed E-state index contributed by atoms with van der Waals surface area (Å²) in [6, 6.07) is 7.23. The predicted molar refractivity (Wildman–Crippen MR) is 62.4 cm³/mol. The minimum Gasteiger partial charge on any atom is -0.503 e. The zero-order valence-corrected chi connectivity index (χ0v) is 9.80. The highest BCUT2D eigenvalue weighted by Crippen LogP contribution is 2.21. The van der Waals surface area contributed by atoms with Crippen LogP contribution in [0.25, 0.3) is 5.57 Å². The van der Waals surface area contributed by atoms with Crippen LogP contribution in [-0.2, 0) is 25.7 Å². The summed E-state index contributed by atoms with van der Waals surface area (Å²) in [7, 11) is 2.78. The highest BCUT2D eigenvalue weighted by Gasteiger charge is 2.16. The van der Waals surface area contributed by atoms with Gasteiger partial charge in [0.25, 0.3) is 0 Å². The first-order chi connectivity index (χ1) is 8.24. The first-order valence-electron chi connectivity index (χ1n) is 4.95. The summed E-state index contributed by atoms with van der Waals surface area (Å²) >= 11 is 0. The monoisotopic (exact) mass is 237 g/mol. The van der Waals surface area contributed by atoms with Crippen molar-refractivity contribution in [2.45, 2.75) is 6.61 Å². The van der Waals surface area contributed by atoms with Gasteiger partial charge in [0.2, 0.25) is 0 Å². The second kappa shape index (κ2) is 6.67. The number of esters is 1. The molecule has 1 rings (SSSR count). The van der Waals surface area contributed by atoms with Gasteiger partial charge in [-0.15, -0.1) is 0 Å². The molecule has 2 N–H and O–H groups in total. The summed E-state index contributed by atoms with van der Waals surface area (Å²) in [4.78, 5) is 16.2. The lowest BCUT2D eigenvalue weighted by Gasteiger charge is -2.10. The zero-order chi connectivity index (χ0) is 12.7. The lowest BCUT2D eigenvalue weighted by atomic mass is 10.0. The van der Waals surface area contributed by atoms with Gasteiger partial charge in [-0.1, -0.05) is 24.3 Å². The summed E-state index contributed by atoms with van der Waals surface area (Å²) in [5.41, 5.74) is 1.78. The Hall–Kier alpha value is -1.85. The van der Waals surface area contributed by atoms with Crippen molar-refractivity contribution in [1.82, 2.24) is 0 Å². The Balaban J connectivity index is 3.18. The van der Waals surface area contributed by atoms with Crippen LogP contribution in [0.2, 0.25) is 0 Å². The van der Waals surface area contributed by atoms with Gasteiger partial charge in [-0.05, 0) is 11.1 Å². The number of methoxy groups -OCH3 is 2. The second-order valence-electron chi connectivity index (χ2n) is 3.23. The minimum absolute atomic E-state index is 0.203. The molecule has 0 atom stereocenters. The number of ether oxygens (including phenoxy) is 2. The SMILES string of the molecule is COC=C(C(=O)OC)c1ccccc1CON. The van der Waals surface area contributed by atoms with Crippen LogP contribution in [0.1, 0.15) is 11.1 Å². The molecule has 0 spiro atoms. The molecule has 5 nitrogen and oxygen atoms in total. The lowest BCUT2D eigenvalue weighted by Crippen LogP contribution is -2.08. The third-order valence-electron chi connectivity index (χ3n) is 2.19. The molecule has 1 aromatic carbocycles. The van der Waals surface area contributed by atoms with Gasteiger partial charge < -0.3 is 9.47 Å². The van der Waals surface area contributed by atoms with Crippen molar-refractivity contribution < 1.29 is 19.1 Å². The third-order valence-corrected chi connectivity index (χ3v) is 2.19. The number of carbonyl (C=O) groups is 1. The average molecular weight is 237 g/mol. The van der Waals surface area contributed by atoms with Crippen molar-refractivity contribution in [3.63, 3.8) is 0 Å². The fraction of sp³-hybridized carbons (Fsp3) is 0.250. The van der Waals surface area contributed by atoms with E-state index in [2.05, 4.69) is 4.84 Å². The van der Waals surface area contributed by atoms with E-state index >= 15 is 0 Å². The van der Waals surface area contributed by atoms with Gasteiger partial charge in [-0.2, -0.15) is 0 Å². The maximum atomic E-state index is 11.6. The number of hydrogen-bond donors (Lipinski definition) is 1. The second-order valence-corrected chi connectivity index (χ2v) is 3.23. The number of rotatable bonds is 5. The Morgan fingerprint density at radius 2 is 2.06 bits per heavy atom. The molecule has 1 aromatic rings. The van der Waals surface area contributed by atoms with Crippen molar-refractivity contribution in [3.8, 4) is 0 Å². The van der Waals surface area contributed by atoms with Gasteiger partial charge in [-0.25, -0.2) is 10.7 Å². The van der Waals surface area contributed by atoms with Gasteiger partial charge in [-0.3, -0.25) is 4.84 Å². The summed E-state index contributed by atoms with van der Waals surface area (Å²) in [5.74, 6) is 4.57. The van der Waals surface area contributed by atoms with E-state index in [4.69, 9.17) is 15.4 Å². The van der Waals surface area contributed by atoms with E-state index in [-0.39, 0.29) is 6.61 Å². The summed E-state index contributed by atoms with van der Waals surface area (Å²) in [6.07, 6.45) is 1.33. The standard InChI is InChI=1S/C12H15NO4/c1-15-8-11(12(14)16-2)10-6-4-3-5-9(10)7-17-13/h3-6,8H,7,13H2,1-2H3. The molecule has 0 amide bonds. The highest BCUT2D eigenvalue weighted by molar-refractivity contribution is 6.16. The predicted octanol–water partition coefficient (Wildman–Crippen LogP) is 1.24. The van der Waals surface area contributed by atoms with Crippen molar-refractivity contribution in [1.29, 1.82) is 0 Å². The van der Waals surface area contributed by atoms with E-state index in [1.807, 2.05) is 18.2 Å². The van der Waals surface area contributed by atoms with Crippen LogP contribution in [-0.4, -0.2) is 20.2 Å².